The summed E-state index contributed by atoms with van der Waals surface area (Å²) in [7, 11) is 0. The minimum absolute atomic E-state index is 0.0604. The largest absolute Gasteiger partial charge is 0.388 e. The van der Waals surface area contributed by atoms with Crippen LogP contribution in [0.5, 0.6) is 0 Å². The lowest BCUT2D eigenvalue weighted by molar-refractivity contribution is 0.0493. The van der Waals surface area contributed by atoms with Gasteiger partial charge in [-0.15, -0.1) is 5.92 Å². The highest BCUT2D eigenvalue weighted by Gasteiger charge is 2.68. The zero-order chi connectivity index (χ0) is 22.5. The van der Waals surface area contributed by atoms with Crippen molar-refractivity contribution in [3.8, 4) is 11.8 Å². The molecule has 4 rings (SSSR count). The summed E-state index contributed by atoms with van der Waals surface area (Å²) in [5.41, 5.74) is 11.5. The van der Waals surface area contributed by atoms with Gasteiger partial charge in [-0.25, -0.2) is 0 Å². The van der Waals surface area contributed by atoms with Gasteiger partial charge in [-0.1, -0.05) is 37.1 Å². The summed E-state index contributed by atoms with van der Waals surface area (Å²) in [5, 5.41) is 10.2. The van der Waals surface area contributed by atoms with E-state index in [0.29, 0.717) is 5.92 Å². The zero-order valence-electron chi connectivity index (χ0n) is 20.3. The first kappa shape index (κ1) is 22.9. The molecule has 2 heteroatoms. The minimum atomic E-state index is -0.359. The molecule has 0 aromatic rings. The van der Waals surface area contributed by atoms with Gasteiger partial charge in [0.25, 0.3) is 0 Å². The van der Waals surface area contributed by atoms with Crippen molar-refractivity contribution in [1.82, 2.24) is 0 Å². The Hall–Kier alpha value is -1.30. The maximum Gasteiger partial charge on any atom is 0.0787 e. The second-order valence-electron chi connectivity index (χ2n) is 12.2. The van der Waals surface area contributed by atoms with E-state index in [9.17, 15) is 5.11 Å². The number of nitrogens with two attached hydrogens (primary N) is 1. The lowest BCUT2D eigenvalue weighted by Crippen LogP contribution is -2.59. The third-order valence-corrected chi connectivity index (χ3v) is 9.15. The van der Waals surface area contributed by atoms with Gasteiger partial charge < -0.3 is 10.8 Å². The van der Waals surface area contributed by atoms with Crippen LogP contribution >= 0.6 is 0 Å². The van der Waals surface area contributed by atoms with Crippen molar-refractivity contribution in [3.05, 3.63) is 35.5 Å². The van der Waals surface area contributed by atoms with Crippen molar-refractivity contribution in [2.45, 2.75) is 110 Å². The molecule has 0 saturated heterocycles. The molecule has 0 radical (unpaired) electrons. The lowest BCUT2D eigenvalue weighted by Gasteiger charge is -2.52. The third kappa shape index (κ3) is 3.98. The minimum Gasteiger partial charge on any atom is -0.388 e. The second-order valence-corrected chi connectivity index (χ2v) is 12.2. The van der Waals surface area contributed by atoms with Crippen LogP contribution in [0.2, 0.25) is 0 Å². The van der Waals surface area contributed by atoms with E-state index >= 15 is 0 Å². The summed E-state index contributed by atoms with van der Waals surface area (Å²) in [5.74, 6) is 7.59. The Morgan fingerprint density at radius 2 is 1.84 bits per heavy atom. The van der Waals surface area contributed by atoms with E-state index in [2.05, 4.69) is 58.3 Å². The van der Waals surface area contributed by atoms with Crippen LogP contribution in [0.1, 0.15) is 98.3 Å². The lowest BCUT2D eigenvalue weighted by atomic mass is 9.56. The summed E-state index contributed by atoms with van der Waals surface area (Å²) in [6.45, 7) is 13.2. The Balaban J connectivity index is 1.58. The van der Waals surface area contributed by atoms with Crippen molar-refractivity contribution >= 4 is 0 Å². The molecule has 31 heavy (non-hydrogen) atoms. The van der Waals surface area contributed by atoms with E-state index in [-0.39, 0.29) is 27.9 Å². The zero-order valence-corrected chi connectivity index (χ0v) is 20.3. The number of aliphatic hydroxyl groups excluding tert-OH is 1. The van der Waals surface area contributed by atoms with E-state index in [1.165, 1.54) is 44.1 Å². The van der Waals surface area contributed by atoms with E-state index in [4.69, 9.17) is 5.73 Å². The average molecular weight is 422 g/mol. The highest BCUT2D eigenvalue weighted by atomic mass is 16.3. The van der Waals surface area contributed by atoms with Crippen LogP contribution in [0.3, 0.4) is 0 Å². The Morgan fingerprint density at radius 1 is 1.10 bits per heavy atom. The van der Waals surface area contributed by atoms with Crippen molar-refractivity contribution in [2.24, 2.45) is 27.9 Å². The van der Waals surface area contributed by atoms with Crippen LogP contribution in [-0.4, -0.2) is 16.7 Å². The van der Waals surface area contributed by atoms with Crippen LogP contribution in [0.4, 0.5) is 0 Å². The van der Waals surface area contributed by atoms with Crippen molar-refractivity contribution in [1.29, 1.82) is 0 Å². The molecule has 4 saturated carbocycles. The van der Waals surface area contributed by atoms with Gasteiger partial charge in [0, 0.05) is 17.4 Å². The highest BCUT2D eigenvalue weighted by molar-refractivity contribution is 5.39. The van der Waals surface area contributed by atoms with Crippen LogP contribution in [0.25, 0.3) is 0 Å². The highest BCUT2D eigenvalue weighted by Crippen LogP contribution is 2.70. The van der Waals surface area contributed by atoms with Gasteiger partial charge in [0.1, 0.15) is 0 Å². The Kier molecular flexibility index (Phi) is 5.85. The van der Waals surface area contributed by atoms with Crippen LogP contribution < -0.4 is 5.73 Å². The molecule has 0 heterocycles. The SMILES string of the molecule is C=C1/C(=C\C=C2/CCCC3(C)C2CCC3(N)C2(CC#CC(C)(C)C)CC2)CCCC1O. The Bertz CT molecular complexity index is 855. The normalized spacial score (nSPS) is 39.9. The van der Waals surface area contributed by atoms with Crippen LogP contribution in [-0.2, 0) is 0 Å². The number of aliphatic hydroxyl groups is 1. The van der Waals surface area contributed by atoms with Crippen molar-refractivity contribution in [2.75, 3.05) is 0 Å². The number of allylic oxidation sites excluding steroid dienone is 3. The summed E-state index contributed by atoms with van der Waals surface area (Å²) in [6.07, 6.45) is 16.7. The van der Waals surface area contributed by atoms with Gasteiger partial charge in [-0.3, -0.25) is 0 Å². The molecule has 0 spiro atoms. The molecule has 0 bridgehead atoms. The predicted octanol–water partition coefficient (Wildman–Crippen LogP) is 6.46. The molecule has 4 aliphatic rings. The summed E-state index contributed by atoms with van der Waals surface area (Å²) >= 11 is 0. The first-order valence-corrected chi connectivity index (χ1v) is 12.6. The van der Waals surface area contributed by atoms with Crippen molar-refractivity contribution < 1.29 is 5.11 Å². The molecule has 2 nitrogen and oxygen atoms in total. The smallest absolute Gasteiger partial charge is 0.0787 e. The number of rotatable bonds is 3. The second kappa shape index (κ2) is 7.93. The molecule has 0 aromatic carbocycles. The van der Waals surface area contributed by atoms with Gasteiger partial charge in [-0.05, 0) is 113 Å². The first-order chi connectivity index (χ1) is 14.5. The fourth-order valence-corrected chi connectivity index (χ4v) is 7.03. The Morgan fingerprint density at radius 3 is 2.52 bits per heavy atom. The van der Waals surface area contributed by atoms with Gasteiger partial charge in [0.15, 0.2) is 0 Å². The van der Waals surface area contributed by atoms with Gasteiger partial charge in [0.05, 0.1) is 6.10 Å². The Labute approximate surface area is 190 Å². The van der Waals surface area contributed by atoms with Crippen LogP contribution in [0.15, 0.2) is 35.5 Å². The molecule has 4 aliphatic carbocycles. The van der Waals surface area contributed by atoms with E-state index in [1.807, 2.05) is 0 Å². The van der Waals surface area contributed by atoms with Crippen LogP contribution in [0, 0.1) is 34.0 Å². The summed E-state index contributed by atoms with van der Waals surface area (Å²) < 4.78 is 0. The van der Waals surface area contributed by atoms with Gasteiger partial charge >= 0.3 is 0 Å². The maximum atomic E-state index is 10.2. The van der Waals surface area contributed by atoms with E-state index < -0.39 is 0 Å². The number of hydrogen-bond acceptors (Lipinski definition) is 2. The first-order valence-electron chi connectivity index (χ1n) is 12.6. The topological polar surface area (TPSA) is 46.2 Å². The molecule has 4 atom stereocenters. The summed E-state index contributed by atoms with van der Waals surface area (Å²) in [4.78, 5) is 0. The van der Waals surface area contributed by atoms with Gasteiger partial charge in [0.2, 0.25) is 0 Å². The monoisotopic (exact) mass is 421 g/mol. The maximum absolute atomic E-state index is 10.2. The molecule has 3 N–H and O–H groups in total. The van der Waals surface area contributed by atoms with E-state index in [1.54, 1.807) is 5.57 Å². The molecule has 4 fully saturated rings. The number of hydrogen-bond donors (Lipinski definition) is 2. The molecule has 170 valence electrons. The van der Waals surface area contributed by atoms with Gasteiger partial charge in [-0.2, -0.15) is 0 Å². The van der Waals surface area contributed by atoms with Crippen molar-refractivity contribution in [3.63, 3.8) is 0 Å². The summed E-state index contributed by atoms with van der Waals surface area (Å²) in [6, 6.07) is 0. The molecule has 0 aromatic heterocycles. The number of fused-ring (bicyclic) bond motifs is 1. The average Bonchev–Trinajstić information content (AvgIpc) is 3.42. The molecule has 0 amide bonds. The molecule has 0 aliphatic heterocycles. The fraction of sp³-hybridized carbons (Fsp3) is 0.724. The standard InChI is InChI=1S/C29H43NO/c1-21-22(9-6-11-25(21)31)12-13-23-10-7-16-27(5)24(23)14-18-29(27,30)28(19-20-28)17-8-15-26(2,3)4/h12-13,24-25,31H,1,6-7,9-11,14,16-20,30H2,2-5H3/b22-12-,23-13+. The fourth-order valence-electron chi connectivity index (χ4n) is 7.03. The third-order valence-electron chi connectivity index (χ3n) is 9.15. The molecular weight excluding hydrogens is 378 g/mol. The van der Waals surface area contributed by atoms with E-state index in [0.717, 1.165) is 37.7 Å². The quantitative estimate of drug-likeness (QED) is 0.514. The molecule has 4 unspecified atom stereocenters. The predicted molar refractivity (Wildman–Crippen MR) is 130 cm³/mol. The molecular formula is C29H43NO.